The first kappa shape index (κ1) is 28.0. The first-order chi connectivity index (χ1) is 17.5. The summed E-state index contributed by atoms with van der Waals surface area (Å²) in [6, 6.07) is 15.4. The lowest BCUT2D eigenvalue weighted by Gasteiger charge is -2.14. The van der Waals surface area contributed by atoms with Crippen LogP contribution in [0.3, 0.4) is 0 Å². The van der Waals surface area contributed by atoms with E-state index in [9.17, 15) is 9.59 Å². The molecule has 0 spiro atoms. The van der Waals surface area contributed by atoms with Gasteiger partial charge in [-0.1, -0.05) is 87.9 Å². The van der Waals surface area contributed by atoms with Crippen LogP contribution in [0.15, 0.2) is 42.5 Å². The Hall–Kier alpha value is -2.62. The number of carbonyl (C=O) groups excluding carboxylic acids is 2. The molecule has 0 heterocycles. The van der Waals surface area contributed by atoms with Crippen molar-refractivity contribution in [3.63, 3.8) is 0 Å². The summed E-state index contributed by atoms with van der Waals surface area (Å²) in [5, 5.41) is 0. The highest BCUT2D eigenvalue weighted by atomic mass is 16.6. The van der Waals surface area contributed by atoms with E-state index in [0.29, 0.717) is 12.8 Å². The topological polar surface area (TPSA) is 52.6 Å². The molecule has 4 heteroatoms. The zero-order chi connectivity index (χ0) is 25.8. The van der Waals surface area contributed by atoms with Gasteiger partial charge in [-0.2, -0.15) is 0 Å². The number of fused-ring (bicyclic) bond motifs is 1. The van der Waals surface area contributed by atoms with E-state index in [0.717, 1.165) is 11.5 Å². The van der Waals surface area contributed by atoms with E-state index in [1.54, 1.807) is 13.8 Å². The van der Waals surface area contributed by atoms with Gasteiger partial charge >= 0.3 is 11.9 Å². The fourth-order valence-electron chi connectivity index (χ4n) is 5.30. The second-order valence-corrected chi connectivity index (χ2v) is 10.1. The van der Waals surface area contributed by atoms with E-state index in [1.165, 1.54) is 80.0 Å². The Labute approximate surface area is 217 Å². The van der Waals surface area contributed by atoms with Crippen molar-refractivity contribution in [3.8, 4) is 11.1 Å². The second kappa shape index (κ2) is 14.8. The molecule has 1 unspecified atom stereocenters. The van der Waals surface area contributed by atoms with Crippen LogP contribution < -0.4 is 0 Å². The number of carbonyl (C=O) groups is 2. The Morgan fingerprint density at radius 2 is 1.39 bits per heavy atom. The zero-order valence-corrected chi connectivity index (χ0v) is 22.5. The highest BCUT2D eigenvalue weighted by Crippen LogP contribution is 2.33. The van der Waals surface area contributed by atoms with Crippen LogP contribution in [0.4, 0.5) is 0 Å². The summed E-state index contributed by atoms with van der Waals surface area (Å²) in [6.45, 7) is 6.27. The van der Waals surface area contributed by atoms with Crippen molar-refractivity contribution in [2.75, 3.05) is 13.2 Å². The summed E-state index contributed by atoms with van der Waals surface area (Å²) in [5.41, 5.74) is 6.59. The number of benzene rings is 2. The molecule has 1 aliphatic carbocycles. The van der Waals surface area contributed by atoms with Crippen LogP contribution >= 0.6 is 0 Å². The third kappa shape index (κ3) is 8.21. The average Bonchev–Trinajstić information content (AvgIpc) is 3.29. The van der Waals surface area contributed by atoms with E-state index < -0.39 is 17.9 Å². The Morgan fingerprint density at radius 1 is 0.778 bits per heavy atom. The highest BCUT2D eigenvalue weighted by Gasteiger charge is 2.29. The molecule has 0 aliphatic heterocycles. The van der Waals surface area contributed by atoms with Gasteiger partial charge in [-0.15, -0.1) is 0 Å². The molecule has 0 fully saturated rings. The molecular weight excluding hydrogens is 448 g/mol. The maximum absolute atomic E-state index is 12.2. The van der Waals surface area contributed by atoms with Gasteiger partial charge in [0.1, 0.15) is 0 Å². The van der Waals surface area contributed by atoms with Crippen LogP contribution in [0, 0.1) is 11.8 Å². The first-order valence-corrected chi connectivity index (χ1v) is 14.1. The van der Waals surface area contributed by atoms with Gasteiger partial charge in [-0.25, -0.2) is 0 Å². The van der Waals surface area contributed by atoms with Crippen LogP contribution in [0.25, 0.3) is 11.1 Å². The standard InChI is InChI=1S/C32H44O4/c1-4-7-8-9-10-11-12-25-21-27-18-19-28(23-29(27)22-25)26-16-13-24(14-17-26)15-20-30(31(33)35-5-2)32(34)36-6-3/h13-14,16-19,23,25,30H,4-12,15,20-22H2,1-3H3. The lowest BCUT2D eigenvalue weighted by Crippen LogP contribution is -2.28. The number of rotatable bonds is 15. The van der Waals surface area contributed by atoms with Gasteiger partial charge in [-0.05, 0) is 79.7 Å². The third-order valence-corrected chi connectivity index (χ3v) is 7.34. The van der Waals surface area contributed by atoms with Gasteiger partial charge in [0.25, 0.3) is 0 Å². The van der Waals surface area contributed by atoms with Crippen molar-refractivity contribution < 1.29 is 19.1 Å². The van der Waals surface area contributed by atoms with E-state index in [1.807, 2.05) is 0 Å². The predicted molar refractivity (Wildman–Crippen MR) is 146 cm³/mol. The Morgan fingerprint density at radius 3 is 2.06 bits per heavy atom. The van der Waals surface area contributed by atoms with E-state index in [4.69, 9.17) is 9.47 Å². The van der Waals surface area contributed by atoms with Gasteiger partial charge in [0, 0.05) is 0 Å². The molecule has 0 N–H and O–H groups in total. The van der Waals surface area contributed by atoms with Crippen LogP contribution in [0.1, 0.15) is 88.8 Å². The van der Waals surface area contributed by atoms with E-state index >= 15 is 0 Å². The molecule has 196 valence electrons. The minimum absolute atomic E-state index is 0.254. The fraction of sp³-hybridized carbons (Fsp3) is 0.562. The lowest BCUT2D eigenvalue weighted by molar-refractivity contribution is -0.161. The summed E-state index contributed by atoms with van der Waals surface area (Å²) >= 11 is 0. The van der Waals surface area contributed by atoms with Crippen molar-refractivity contribution >= 4 is 11.9 Å². The number of hydrogen-bond donors (Lipinski definition) is 0. The summed E-state index contributed by atoms with van der Waals surface area (Å²) in [6.07, 6.45) is 13.0. The molecule has 2 aromatic rings. The minimum Gasteiger partial charge on any atom is -0.465 e. The van der Waals surface area contributed by atoms with Crippen molar-refractivity contribution in [2.24, 2.45) is 11.8 Å². The molecule has 4 nitrogen and oxygen atoms in total. The molecule has 0 bridgehead atoms. The van der Waals surface area contributed by atoms with Crippen molar-refractivity contribution in [3.05, 3.63) is 59.2 Å². The average molecular weight is 493 g/mol. The van der Waals surface area contributed by atoms with Crippen LogP contribution in [0.2, 0.25) is 0 Å². The number of aryl methyl sites for hydroxylation is 1. The van der Waals surface area contributed by atoms with Gasteiger partial charge in [0.2, 0.25) is 0 Å². The molecular formula is C32H44O4. The van der Waals surface area contributed by atoms with Crippen molar-refractivity contribution in [1.82, 2.24) is 0 Å². The van der Waals surface area contributed by atoms with Gasteiger partial charge in [-0.3, -0.25) is 9.59 Å². The Balaban J connectivity index is 1.53. The van der Waals surface area contributed by atoms with Crippen molar-refractivity contribution in [1.29, 1.82) is 0 Å². The molecule has 0 amide bonds. The Bertz CT molecular complexity index is 945. The molecule has 0 saturated heterocycles. The summed E-state index contributed by atoms with van der Waals surface area (Å²) in [5.74, 6) is -1.07. The quantitative estimate of drug-likeness (QED) is 0.147. The normalized spacial score (nSPS) is 14.6. The highest BCUT2D eigenvalue weighted by molar-refractivity contribution is 5.94. The second-order valence-electron chi connectivity index (χ2n) is 10.1. The number of esters is 2. The Kier molecular flexibility index (Phi) is 11.5. The van der Waals surface area contributed by atoms with Crippen LogP contribution in [0.5, 0.6) is 0 Å². The third-order valence-electron chi connectivity index (χ3n) is 7.34. The predicted octanol–water partition coefficient (Wildman–Crippen LogP) is 7.49. The smallest absolute Gasteiger partial charge is 0.320 e. The molecule has 1 aliphatic rings. The first-order valence-electron chi connectivity index (χ1n) is 14.1. The van der Waals surface area contributed by atoms with Crippen LogP contribution in [-0.2, 0) is 38.3 Å². The molecule has 0 saturated carbocycles. The lowest BCUT2D eigenvalue weighted by atomic mass is 9.96. The molecule has 36 heavy (non-hydrogen) atoms. The number of ether oxygens (including phenoxy) is 2. The summed E-state index contributed by atoms with van der Waals surface area (Å²) in [4.78, 5) is 24.4. The van der Waals surface area contributed by atoms with Gasteiger partial charge in [0.05, 0.1) is 13.2 Å². The monoisotopic (exact) mass is 492 g/mol. The van der Waals surface area contributed by atoms with E-state index in [2.05, 4.69) is 49.4 Å². The number of unbranched alkanes of at least 4 members (excludes halogenated alkanes) is 5. The molecule has 2 aromatic carbocycles. The van der Waals surface area contributed by atoms with Crippen molar-refractivity contribution in [2.45, 2.75) is 91.4 Å². The fourth-order valence-corrected chi connectivity index (χ4v) is 5.30. The molecule has 1 atom stereocenters. The molecule has 0 aromatic heterocycles. The van der Waals surface area contributed by atoms with Crippen LogP contribution in [-0.4, -0.2) is 25.2 Å². The molecule has 0 radical (unpaired) electrons. The maximum atomic E-state index is 12.2. The van der Waals surface area contributed by atoms with Gasteiger partial charge < -0.3 is 9.47 Å². The van der Waals surface area contributed by atoms with E-state index in [-0.39, 0.29) is 13.2 Å². The zero-order valence-electron chi connectivity index (χ0n) is 22.5. The largest absolute Gasteiger partial charge is 0.465 e. The summed E-state index contributed by atoms with van der Waals surface area (Å²) in [7, 11) is 0. The SMILES string of the molecule is CCCCCCCCC1Cc2ccc(-c3ccc(CCC(C(=O)OCC)C(=O)OCC)cc3)cc2C1. The maximum Gasteiger partial charge on any atom is 0.320 e. The number of hydrogen-bond acceptors (Lipinski definition) is 4. The minimum atomic E-state index is -0.870. The molecule has 3 rings (SSSR count). The van der Waals surface area contributed by atoms with Gasteiger partial charge in [0.15, 0.2) is 5.92 Å². The summed E-state index contributed by atoms with van der Waals surface area (Å²) < 4.78 is 10.2.